The molecule has 0 unspecified atom stereocenters. The van der Waals surface area contributed by atoms with Crippen molar-refractivity contribution in [1.29, 1.82) is 0 Å². The second-order valence-electron chi connectivity index (χ2n) is 5.23. The molecule has 0 aliphatic heterocycles. The molecule has 0 bridgehead atoms. The van der Waals surface area contributed by atoms with Crippen LogP contribution in [0.15, 0.2) is 47.5 Å². The largest absolute Gasteiger partial charge is 0.346 e. The lowest BCUT2D eigenvalue weighted by Crippen LogP contribution is -2.20. The van der Waals surface area contributed by atoms with Crippen molar-refractivity contribution in [3.05, 3.63) is 58.8 Å². The smallest absolute Gasteiger partial charge is 0.333 e. The van der Waals surface area contributed by atoms with E-state index in [2.05, 4.69) is 9.97 Å². The van der Waals surface area contributed by atoms with Gasteiger partial charge in [0.05, 0.1) is 22.9 Å². The molecule has 0 aliphatic carbocycles. The molecule has 5 heteroatoms. The van der Waals surface area contributed by atoms with E-state index in [1.807, 2.05) is 43.5 Å². The Bertz CT molecular complexity index is 1040. The lowest BCUT2D eigenvalue weighted by molar-refractivity contribution is 0.845. The molecule has 21 heavy (non-hydrogen) atoms. The van der Waals surface area contributed by atoms with Crippen molar-refractivity contribution in [2.45, 2.75) is 6.92 Å². The fourth-order valence-corrected chi connectivity index (χ4v) is 2.79. The van der Waals surface area contributed by atoms with Crippen LogP contribution in [0.2, 0.25) is 0 Å². The molecule has 3 heterocycles. The number of hydrogen-bond donors (Lipinski definition) is 1. The molecule has 3 aromatic heterocycles. The highest BCUT2D eigenvalue weighted by Crippen LogP contribution is 2.21. The van der Waals surface area contributed by atoms with Gasteiger partial charge in [-0.05, 0) is 30.7 Å². The van der Waals surface area contributed by atoms with Crippen LogP contribution < -0.4 is 5.69 Å². The quantitative estimate of drug-likeness (QED) is 0.581. The van der Waals surface area contributed by atoms with Crippen molar-refractivity contribution in [2.75, 3.05) is 0 Å². The van der Waals surface area contributed by atoms with Crippen molar-refractivity contribution in [3.63, 3.8) is 0 Å². The van der Waals surface area contributed by atoms with Gasteiger partial charge in [0, 0.05) is 18.6 Å². The molecule has 0 aliphatic rings. The SMILES string of the molecule is Cc1c[nH]c2ncc(-n3c(=O)n(C)c4ccccc43)cc12. The number of aromatic nitrogens is 4. The Labute approximate surface area is 120 Å². The molecular weight excluding hydrogens is 264 g/mol. The van der Waals surface area contributed by atoms with Crippen LogP contribution in [0.25, 0.3) is 27.8 Å². The van der Waals surface area contributed by atoms with Crippen LogP contribution in [0.5, 0.6) is 0 Å². The van der Waals surface area contributed by atoms with Gasteiger partial charge in [0.1, 0.15) is 5.65 Å². The average molecular weight is 278 g/mol. The first-order chi connectivity index (χ1) is 10.2. The molecule has 4 aromatic rings. The van der Waals surface area contributed by atoms with E-state index < -0.39 is 0 Å². The van der Waals surface area contributed by atoms with E-state index in [-0.39, 0.29) is 5.69 Å². The highest BCUT2D eigenvalue weighted by Gasteiger charge is 2.13. The third-order valence-corrected chi connectivity index (χ3v) is 3.94. The summed E-state index contributed by atoms with van der Waals surface area (Å²) in [7, 11) is 1.79. The van der Waals surface area contributed by atoms with E-state index in [0.29, 0.717) is 0 Å². The van der Waals surface area contributed by atoms with Crippen LogP contribution >= 0.6 is 0 Å². The molecule has 0 saturated carbocycles. The first kappa shape index (κ1) is 12.0. The number of imidazole rings is 1. The summed E-state index contributed by atoms with van der Waals surface area (Å²) in [6, 6.07) is 9.77. The van der Waals surface area contributed by atoms with Crippen molar-refractivity contribution in [2.24, 2.45) is 7.05 Å². The topological polar surface area (TPSA) is 55.6 Å². The van der Waals surface area contributed by atoms with E-state index in [4.69, 9.17) is 0 Å². The Morgan fingerprint density at radius 1 is 1.19 bits per heavy atom. The van der Waals surface area contributed by atoms with Crippen LogP contribution in [0.3, 0.4) is 0 Å². The lowest BCUT2D eigenvalue weighted by Gasteiger charge is -2.03. The highest BCUT2D eigenvalue weighted by atomic mass is 16.1. The number of hydrogen-bond acceptors (Lipinski definition) is 2. The van der Waals surface area contributed by atoms with Gasteiger partial charge in [-0.15, -0.1) is 0 Å². The molecule has 0 radical (unpaired) electrons. The summed E-state index contributed by atoms with van der Waals surface area (Å²) in [5.41, 5.74) is 4.47. The van der Waals surface area contributed by atoms with Crippen molar-refractivity contribution < 1.29 is 0 Å². The molecule has 0 atom stereocenters. The Kier molecular flexibility index (Phi) is 2.33. The van der Waals surface area contributed by atoms with Crippen LogP contribution in [0, 0.1) is 6.92 Å². The molecule has 1 aromatic carbocycles. The maximum absolute atomic E-state index is 12.5. The van der Waals surface area contributed by atoms with Crippen molar-refractivity contribution in [3.8, 4) is 5.69 Å². The van der Waals surface area contributed by atoms with Crippen LogP contribution in [-0.2, 0) is 7.05 Å². The second kappa shape index (κ2) is 4.09. The summed E-state index contributed by atoms with van der Waals surface area (Å²) in [5.74, 6) is 0. The minimum absolute atomic E-state index is 0.0643. The van der Waals surface area contributed by atoms with Gasteiger partial charge in [-0.1, -0.05) is 12.1 Å². The van der Waals surface area contributed by atoms with Gasteiger partial charge in [0.15, 0.2) is 0 Å². The molecular formula is C16H14N4O. The van der Waals surface area contributed by atoms with Crippen molar-refractivity contribution in [1.82, 2.24) is 19.1 Å². The number of H-pyrrole nitrogens is 1. The number of aromatic amines is 1. The molecule has 5 nitrogen and oxygen atoms in total. The third kappa shape index (κ3) is 1.57. The molecule has 0 saturated heterocycles. The molecule has 0 fully saturated rings. The second-order valence-corrected chi connectivity index (χ2v) is 5.23. The predicted molar refractivity (Wildman–Crippen MR) is 82.9 cm³/mol. The Morgan fingerprint density at radius 3 is 2.76 bits per heavy atom. The molecule has 104 valence electrons. The van der Waals surface area contributed by atoms with Gasteiger partial charge in [-0.3, -0.25) is 9.13 Å². The van der Waals surface area contributed by atoms with Gasteiger partial charge in [-0.25, -0.2) is 9.78 Å². The van der Waals surface area contributed by atoms with Crippen LogP contribution in [0.1, 0.15) is 5.56 Å². The Morgan fingerprint density at radius 2 is 1.95 bits per heavy atom. The van der Waals surface area contributed by atoms with E-state index in [1.54, 1.807) is 22.4 Å². The number of benzene rings is 1. The Balaban J connectivity index is 2.11. The maximum Gasteiger partial charge on any atom is 0.333 e. The molecule has 0 spiro atoms. The standard InChI is InChI=1S/C16H14N4O/c1-10-8-17-15-12(10)7-11(9-18-15)20-14-6-4-3-5-13(14)19(2)16(20)21/h3-9H,1-2H3,(H,17,18). The van der Waals surface area contributed by atoms with E-state index in [1.165, 1.54) is 0 Å². The van der Waals surface area contributed by atoms with Gasteiger partial charge in [0.25, 0.3) is 0 Å². The number of aryl methyl sites for hydroxylation is 2. The van der Waals surface area contributed by atoms with E-state index in [0.717, 1.165) is 33.3 Å². The predicted octanol–water partition coefficient (Wildman–Crippen LogP) is 2.51. The summed E-state index contributed by atoms with van der Waals surface area (Å²) in [5, 5.41) is 1.03. The summed E-state index contributed by atoms with van der Waals surface area (Å²) in [6.07, 6.45) is 3.65. The number of fused-ring (bicyclic) bond motifs is 2. The van der Waals surface area contributed by atoms with Gasteiger partial charge < -0.3 is 4.98 Å². The first-order valence-corrected chi connectivity index (χ1v) is 6.77. The molecule has 1 N–H and O–H groups in total. The van der Waals surface area contributed by atoms with Crippen LogP contribution in [-0.4, -0.2) is 19.1 Å². The zero-order valence-corrected chi connectivity index (χ0v) is 11.8. The highest BCUT2D eigenvalue weighted by molar-refractivity contribution is 5.83. The number of rotatable bonds is 1. The van der Waals surface area contributed by atoms with Gasteiger partial charge in [-0.2, -0.15) is 0 Å². The van der Waals surface area contributed by atoms with Crippen molar-refractivity contribution >= 4 is 22.1 Å². The fourth-order valence-electron chi connectivity index (χ4n) is 2.79. The fraction of sp³-hybridized carbons (Fsp3) is 0.125. The summed E-state index contributed by atoms with van der Waals surface area (Å²) in [6.45, 7) is 2.02. The number of para-hydroxylation sites is 2. The van der Waals surface area contributed by atoms with E-state index >= 15 is 0 Å². The molecule has 4 rings (SSSR count). The summed E-state index contributed by atoms with van der Waals surface area (Å²) < 4.78 is 3.36. The number of pyridine rings is 1. The van der Waals surface area contributed by atoms with Crippen LogP contribution in [0.4, 0.5) is 0 Å². The van der Waals surface area contributed by atoms with E-state index in [9.17, 15) is 4.79 Å². The summed E-state index contributed by atoms with van der Waals surface area (Å²) >= 11 is 0. The monoisotopic (exact) mass is 278 g/mol. The normalized spacial score (nSPS) is 11.5. The zero-order chi connectivity index (χ0) is 14.6. The minimum Gasteiger partial charge on any atom is -0.346 e. The minimum atomic E-state index is -0.0643. The lowest BCUT2D eigenvalue weighted by atomic mass is 10.2. The first-order valence-electron chi connectivity index (χ1n) is 6.77. The van der Waals surface area contributed by atoms with Gasteiger partial charge in [0.2, 0.25) is 0 Å². The summed E-state index contributed by atoms with van der Waals surface area (Å²) in [4.78, 5) is 20.1. The van der Waals surface area contributed by atoms with Gasteiger partial charge >= 0.3 is 5.69 Å². The number of nitrogens with one attached hydrogen (secondary N) is 1. The molecule has 0 amide bonds. The number of nitrogens with zero attached hydrogens (tertiary/aromatic N) is 3. The Hall–Kier alpha value is -2.82. The third-order valence-electron chi connectivity index (χ3n) is 3.94. The maximum atomic E-state index is 12.5. The zero-order valence-electron chi connectivity index (χ0n) is 11.8. The average Bonchev–Trinajstić information content (AvgIpc) is 2.99.